The zero-order valence-electron chi connectivity index (χ0n) is 15.2. The fourth-order valence-electron chi connectivity index (χ4n) is 3.29. The van der Waals surface area contributed by atoms with Crippen molar-refractivity contribution in [3.63, 3.8) is 0 Å². The average Bonchev–Trinajstić information content (AvgIpc) is 2.74. The molecule has 0 spiro atoms. The van der Waals surface area contributed by atoms with Gasteiger partial charge in [-0.1, -0.05) is 34.1 Å². The minimum Gasteiger partial charge on any atom is -0.422 e. The summed E-state index contributed by atoms with van der Waals surface area (Å²) in [5, 5.41) is 0.632. The van der Waals surface area contributed by atoms with Crippen LogP contribution in [0.25, 0.3) is 11.0 Å². The van der Waals surface area contributed by atoms with Crippen molar-refractivity contribution in [2.75, 3.05) is 26.2 Å². The molecule has 2 aromatic carbocycles. The van der Waals surface area contributed by atoms with E-state index < -0.39 is 21.6 Å². The van der Waals surface area contributed by atoms with Crippen LogP contribution in [0, 0.1) is 0 Å². The van der Waals surface area contributed by atoms with E-state index in [0.717, 1.165) is 4.47 Å². The summed E-state index contributed by atoms with van der Waals surface area (Å²) in [5.74, 6) is -0.461. The SMILES string of the molecule is O=C(c1cc2cc(Br)ccc2oc1=O)N1CCN(S(=O)(=O)c2ccccc2)CC1. The van der Waals surface area contributed by atoms with Crippen LogP contribution in [-0.4, -0.2) is 49.7 Å². The molecule has 29 heavy (non-hydrogen) atoms. The number of piperazine rings is 1. The van der Waals surface area contributed by atoms with Crippen molar-refractivity contribution >= 4 is 42.8 Å². The van der Waals surface area contributed by atoms with Gasteiger partial charge in [0.15, 0.2) is 0 Å². The van der Waals surface area contributed by atoms with Gasteiger partial charge in [0.05, 0.1) is 4.90 Å². The Bertz CT molecular complexity index is 1230. The lowest BCUT2D eigenvalue weighted by Gasteiger charge is -2.33. The third-order valence-corrected chi connectivity index (χ3v) is 7.24. The molecule has 1 aliphatic rings. The fourth-order valence-corrected chi connectivity index (χ4v) is 5.11. The van der Waals surface area contributed by atoms with Gasteiger partial charge in [-0.2, -0.15) is 4.31 Å². The van der Waals surface area contributed by atoms with Gasteiger partial charge in [0.2, 0.25) is 10.0 Å². The maximum absolute atomic E-state index is 12.9. The molecule has 0 saturated carbocycles. The number of benzene rings is 2. The predicted molar refractivity (Wildman–Crippen MR) is 111 cm³/mol. The molecule has 1 aliphatic heterocycles. The Balaban J connectivity index is 1.53. The highest BCUT2D eigenvalue weighted by Crippen LogP contribution is 2.21. The number of rotatable bonds is 3. The van der Waals surface area contributed by atoms with Crippen LogP contribution in [0.5, 0.6) is 0 Å². The molecular formula is C20H17BrN2O5S. The Kier molecular flexibility index (Phi) is 5.28. The largest absolute Gasteiger partial charge is 0.422 e. The van der Waals surface area contributed by atoms with E-state index in [0.29, 0.717) is 11.0 Å². The van der Waals surface area contributed by atoms with Gasteiger partial charge in [0.1, 0.15) is 11.1 Å². The highest BCUT2D eigenvalue weighted by molar-refractivity contribution is 9.10. The Morgan fingerprint density at radius 3 is 2.34 bits per heavy atom. The van der Waals surface area contributed by atoms with Crippen molar-refractivity contribution in [1.29, 1.82) is 0 Å². The van der Waals surface area contributed by atoms with Gasteiger partial charge in [-0.3, -0.25) is 4.79 Å². The quantitative estimate of drug-likeness (QED) is 0.542. The molecule has 0 unspecified atom stereocenters. The molecule has 0 atom stereocenters. The van der Waals surface area contributed by atoms with E-state index in [1.807, 2.05) is 0 Å². The van der Waals surface area contributed by atoms with Gasteiger partial charge >= 0.3 is 5.63 Å². The normalized spacial score (nSPS) is 15.6. The Morgan fingerprint density at radius 1 is 0.966 bits per heavy atom. The zero-order valence-corrected chi connectivity index (χ0v) is 17.6. The number of sulfonamides is 1. The topological polar surface area (TPSA) is 87.9 Å². The molecule has 1 fully saturated rings. The minimum atomic E-state index is -3.61. The second kappa shape index (κ2) is 7.74. The number of fused-ring (bicyclic) bond motifs is 1. The summed E-state index contributed by atoms with van der Waals surface area (Å²) in [6.07, 6.45) is 0. The summed E-state index contributed by atoms with van der Waals surface area (Å²) < 4.78 is 32.9. The Morgan fingerprint density at radius 2 is 1.66 bits per heavy atom. The fraction of sp³-hybridized carbons (Fsp3) is 0.200. The van der Waals surface area contributed by atoms with E-state index in [4.69, 9.17) is 4.42 Å². The smallest absolute Gasteiger partial charge is 0.349 e. The first-order chi connectivity index (χ1) is 13.9. The monoisotopic (exact) mass is 476 g/mol. The van der Waals surface area contributed by atoms with E-state index in [1.54, 1.807) is 48.5 Å². The van der Waals surface area contributed by atoms with E-state index in [2.05, 4.69) is 15.9 Å². The van der Waals surface area contributed by atoms with Crippen LogP contribution in [-0.2, 0) is 10.0 Å². The Hall–Kier alpha value is -2.49. The first kappa shape index (κ1) is 19.8. The summed E-state index contributed by atoms with van der Waals surface area (Å²) in [5.41, 5.74) is -0.368. The summed E-state index contributed by atoms with van der Waals surface area (Å²) >= 11 is 3.36. The van der Waals surface area contributed by atoms with E-state index in [1.165, 1.54) is 15.3 Å². The lowest BCUT2D eigenvalue weighted by atomic mass is 10.1. The molecule has 0 N–H and O–H groups in total. The lowest BCUT2D eigenvalue weighted by Crippen LogP contribution is -2.51. The molecule has 9 heteroatoms. The number of hydrogen-bond donors (Lipinski definition) is 0. The van der Waals surface area contributed by atoms with Crippen molar-refractivity contribution in [2.24, 2.45) is 0 Å². The zero-order chi connectivity index (χ0) is 20.6. The predicted octanol–water partition coefficient (Wildman–Crippen LogP) is 2.70. The van der Waals surface area contributed by atoms with Crippen molar-refractivity contribution in [1.82, 2.24) is 9.21 Å². The van der Waals surface area contributed by atoms with Gasteiger partial charge in [-0.25, -0.2) is 13.2 Å². The molecular weight excluding hydrogens is 460 g/mol. The summed E-state index contributed by atoms with van der Waals surface area (Å²) in [7, 11) is -3.61. The van der Waals surface area contributed by atoms with Gasteiger partial charge in [-0.15, -0.1) is 0 Å². The Labute approximate surface area is 175 Å². The van der Waals surface area contributed by atoms with Crippen LogP contribution in [0.2, 0.25) is 0 Å². The third-order valence-electron chi connectivity index (χ3n) is 4.83. The van der Waals surface area contributed by atoms with Crippen molar-refractivity contribution in [3.05, 3.63) is 75.1 Å². The first-order valence-corrected chi connectivity index (χ1v) is 11.2. The highest BCUT2D eigenvalue weighted by Gasteiger charge is 2.31. The number of halogens is 1. The summed E-state index contributed by atoms with van der Waals surface area (Å²) in [4.78, 5) is 26.8. The number of carbonyl (C=O) groups excluding carboxylic acids is 1. The molecule has 7 nitrogen and oxygen atoms in total. The molecule has 1 saturated heterocycles. The van der Waals surface area contributed by atoms with Crippen LogP contribution < -0.4 is 5.63 Å². The average molecular weight is 477 g/mol. The summed E-state index contributed by atoms with van der Waals surface area (Å²) in [6, 6.07) is 14.9. The summed E-state index contributed by atoms with van der Waals surface area (Å²) in [6.45, 7) is 0.711. The second-order valence-electron chi connectivity index (χ2n) is 6.64. The van der Waals surface area contributed by atoms with Crippen LogP contribution >= 0.6 is 15.9 Å². The number of carbonyl (C=O) groups is 1. The van der Waals surface area contributed by atoms with E-state index >= 15 is 0 Å². The maximum Gasteiger partial charge on any atom is 0.349 e. The molecule has 1 amide bonds. The third kappa shape index (κ3) is 3.85. The van der Waals surface area contributed by atoms with Crippen molar-refractivity contribution in [2.45, 2.75) is 4.90 Å². The van der Waals surface area contributed by atoms with Crippen LogP contribution in [0.4, 0.5) is 0 Å². The lowest BCUT2D eigenvalue weighted by molar-refractivity contribution is 0.0694. The standard InChI is InChI=1S/C20H17BrN2O5S/c21-15-6-7-18-14(12-15)13-17(20(25)28-18)19(24)22-8-10-23(11-9-22)29(26,27)16-4-2-1-3-5-16/h1-7,12-13H,8-11H2. The molecule has 0 radical (unpaired) electrons. The maximum atomic E-state index is 12.9. The number of amides is 1. The van der Waals surface area contributed by atoms with Gasteiger partial charge in [0, 0.05) is 36.0 Å². The molecule has 2 heterocycles. The molecule has 1 aromatic heterocycles. The van der Waals surface area contributed by atoms with Crippen LogP contribution in [0.1, 0.15) is 10.4 Å². The number of nitrogens with zero attached hydrogens (tertiary/aromatic N) is 2. The van der Waals surface area contributed by atoms with Crippen LogP contribution in [0.3, 0.4) is 0 Å². The molecule has 0 aliphatic carbocycles. The molecule has 150 valence electrons. The van der Waals surface area contributed by atoms with E-state index in [9.17, 15) is 18.0 Å². The minimum absolute atomic E-state index is 0.0602. The second-order valence-corrected chi connectivity index (χ2v) is 9.49. The highest BCUT2D eigenvalue weighted by atomic mass is 79.9. The van der Waals surface area contributed by atoms with Crippen molar-refractivity contribution < 1.29 is 17.6 Å². The van der Waals surface area contributed by atoms with Crippen LogP contribution in [0.15, 0.2) is 73.2 Å². The first-order valence-electron chi connectivity index (χ1n) is 8.94. The van der Waals surface area contributed by atoms with Crippen molar-refractivity contribution in [3.8, 4) is 0 Å². The van der Waals surface area contributed by atoms with E-state index in [-0.39, 0.29) is 36.6 Å². The molecule has 4 rings (SSSR count). The van der Waals surface area contributed by atoms with Gasteiger partial charge in [0.25, 0.3) is 5.91 Å². The number of hydrogen-bond acceptors (Lipinski definition) is 5. The van der Waals surface area contributed by atoms with Gasteiger partial charge in [-0.05, 0) is 36.4 Å². The molecule has 3 aromatic rings. The molecule has 0 bridgehead atoms. The van der Waals surface area contributed by atoms with Gasteiger partial charge < -0.3 is 9.32 Å².